The summed E-state index contributed by atoms with van der Waals surface area (Å²) < 4.78 is 12.2. The Morgan fingerprint density at radius 2 is 2.00 bits per heavy atom. The molecule has 2 fully saturated rings. The van der Waals surface area contributed by atoms with Gasteiger partial charge in [-0.2, -0.15) is 0 Å². The lowest BCUT2D eigenvalue weighted by molar-refractivity contribution is 0.154. The quantitative estimate of drug-likeness (QED) is 0.800. The standard InChI is InChI=1S/C17H21BN4O2/c1-10-16(23-14-4-3-7-19-11(14)2)20-9-21-17(10)24-15-8-12-5-6-13(15)22(12)18/h3-4,7,9,12-13,15H,5-6,8,18H2,1-2H3. The molecule has 2 aromatic heterocycles. The van der Waals surface area contributed by atoms with Crippen LogP contribution in [-0.4, -0.2) is 45.9 Å². The van der Waals surface area contributed by atoms with Crippen molar-refractivity contribution in [3.05, 3.63) is 35.9 Å². The number of ether oxygens (including phenoxy) is 2. The van der Waals surface area contributed by atoms with Gasteiger partial charge in [-0.3, -0.25) is 4.98 Å². The second-order valence-corrected chi connectivity index (χ2v) is 6.65. The summed E-state index contributed by atoms with van der Waals surface area (Å²) in [5.74, 6) is 1.84. The van der Waals surface area contributed by atoms with Crippen molar-refractivity contribution in [3.8, 4) is 17.5 Å². The maximum Gasteiger partial charge on any atom is 0.229 e. The molecule has 3 atom stereocenters. The highest BCUT2D eigenvalue weighted by Gasteiger charge is 2.45. The van der Waals surface area contributed by atoms with Crippen LogP contribution in [0.3, 0.4) is 0 Å². The van der Waals surface area contributed by atoms with E-state index < -0.39 is 0 Å². The first kappa shape index (κ1) is 15.4. The van der Waals surface area contributed by atoms with Gasteiger partial charge >= 0.3 is 0 Å². The molecule has 0 spiro atoms. The summed E-state index contributed by atoms with van der Waals surface area (Å²) in [4.78, 5) is 15.3. The van der Waals surface area contributed by atoms with Crippen molar-refractivity contribution in [2.24, 2.45) is 0 Å². The van der Waals surface area contributed by atoms with Crippen LogP contribution in [0.1, 0.15) is 30.5 Å². The zero-order chi connectivity index (χ0) is 16.7. The maximum atomic E-state index is 6.23. The van der Waals surface area contributed by atoms with Crippen LogP contribution in [0, 0.1) is 13.8 Å². The Labute approximate surface area is 142 Å². The average Bonchev–Trinajstić information content (AvgIpc) is 3.08. The van der Waals surface area contributed by atoms with E-state index in [9.17, 15) is 0 Å². The highest BCUT2D eigenvalue weighted by atomic mass is 16.5. The van der Waals surface area contributed by atoms with Crippen molar-refractivity contribution in [2.45, 2.75) is 51.3 Å². The highest BCUT2D eigenvalue weighted by molar-refractivity contribution is 6.05. The Balaban J connectivity index is 1.54. The summed E-state index contributed by atoms with van der Waals surface area (Å²) in [7, 11) is 2.19. The van der Waals surface area contributed by atoms with Crippen LogP contribution in [0.15, 0.2) is 24.7 Å². The second kappa shape index (κ2) is 6.05. The Morgan fingerprint density at radius 1 is 1.17 bits per heavy atom. The first-order valence-electron chi connectivity index (χ1n) is 8.43. The third kappa shape index (κ3) is 2.63. The molecule has 0 N–H and O–H groups in total. The number of pyridine rings is 1. The second-order valence-electron chi connectivity index (χ2n) is 6.65. The predicted octanol–water partition coefficient (Wildman–Crippen LogP) is 1.81. The first-order valence-corrected chi connectivity index (χ1v) is 8.43. The summed E-state index contributed by atoms with van der Waals surface area (Å²) in [5, 5.41) is 0. The average molecular weight is 324 g/mol. The number of rotatable bonds is 4. The van der Waals surface area contributed by atoms with E-state index in [1.54, 1.807) is 6.20 Å². The number of fused-ring (bicyclic) bond motifs is 2. The molecule has 2 bridgehead atoms. The van der Waals surface area contributed by atoms with Gasteiger partial charge in [0.1, 0.15) is 12.4 Å². The molecule has 3 unspecified atom stereocenters. The minimum absolute atomic E-state index is 0.204. The molecule has 2 aliphatic rings. The zero-order valence-electron chi connectivity index (χ0n) is 14.3. The molecule has 6 nitrogen and oxygen atoms in total. The molecule has 0 saturated carbocycles. The number of hydrogen-bond acceptors (Lipinski definition) is 6. The van der Waals surface area contributed by atoms with Gasteiger partial charge in [-0.1, -0.05) is 0 Å². The summed E-state index contributed by atoms with van der Waals surface area (Å²) >= 11 is 0. The van der Waals surface area contributed by atoms with Gasteiger partial charge in [-0.05, 0) is 38.8 Å². The number of aryl methyl sites for hydroxylation is 1. The minimum Gasteiger partial charge on any atom is -0.472 e. The van der Waals surface area contributed by atoms with Gasteiger partial charge in [0.25, 0.3) is 0 Å². The molecule has 2 aromatic rings. The van der Waals surface area contributed by atoms with Crippen molar-refractivity contribution in [3.63, 3.8) is 0 Å². The van der Waals surface area contributed by atoms with Crippen molar-refractivity contribution >= 4 is 7.98 Å². The molecular weight excluding hydrogens is 303 g/mol. The summed E-state index contributed by atoms with van der Waals surface area (Å²) in [6.45, 7) is 3.85. The Kier molecular flexibility index (Phi) is 3.88. The van der Waals surface area contributed by atoms with Crippen LogP contribution >= 0.6 is 0 Å². The SMILES string of the molecule is BN1C2CCC1C(Oc1ncnc(Oc3cccnc3C)c1C)C2. The molecule has 4 heterocycles. The summed E-state index contributed by atoms with van der Waals surface area (Å²) in [5.41, 5.74) is 1.65. The van der Waals surface area contributed by atoms with E-state index >= 15 is 0 Å². The summed E-state index contributed by atoms with van der Waals surface area (Å²) in [6.07, 6.45) is 7.00. The molecule has 0 aliphatic carbocycles. The van der Waals surface area contributed by atoms with Gasteiger partial charge in [-0.25, -0.2) is 9.97 Å². The fraction of sp³-hybridized carbons (Fsp3) is 0.471. The van der Waals surface area contributed by atoms with Crippen LogP contribution in [0.2, 0.25) is 0 Å². The monoisotopic (exact) mass is 324 g/mol. The van der Waals surface area contributed by atoms with E-state index in [-0.39, 0.29) is 6.10 Å². The topological polar surface area (TPSA) is 60.4 Å². The third-order valence-electron chi connectivity index (χ3n) is 5.25. The van der Waals surface area contributed by atoms with E-state index in [1.165, 1.54) is 19.2 Å². The molecule has 0 amide bonds. The Morgan fingerprint density at radius 3 is 2.71 bits per heavy atom. The van der Waals surface area contributed by atoms with Crippen molar-refractivity contribution in [2.75, 3.05) is 0 Å². The van der Waals surface area contributed by atoms with Crippen molar-refractivity contribution < 1.29 is 9.47 Å². The molecule has 2 saturated heterocycles. The number of hydrogen-bond donors (Lipinski definition) is 0. The molecule has 2 aliphatic heterocycles. The third-order valence-corrected chi connectivity index (χ3v) is 5.25. The molecular formula is C17H21BN4O2. The van der Waals surface area contributed by atoms with E-state index in [0.29, 0.717) is 29.6 Å². The summed E-state index contributed by atoms with van der Waals surface area (Å²) in [6, 6.07) is 4.88. The lowest BCUT2D eigenvalue weighted by Crippen LogP contribution is -2.33. The fourth-order valence-electron chi connectivity index (χ4n) is 3.79. The molecule has 0 aromatic carbocycles. The highest BCUT2D eigenvalue weighted by Crippen LogP contribution is 2.39. The Bertz CT molecular complexity index is 757. The van der Waals surface area contributed by atoms with E-state index in [0.717, 1.165) is 17.7 Å². The number of nitrogens with zero attached hydrogens (tertiary/aromatic N) is 4. The van der Waals surface area contributed by atoms with Crippen molar-refractivity contribution in [1.29, 1.82) is 0 Å². The molecule has 24 heavy (non-hydrogen) atoms. The van der Waals surface area contributed by atoms with Crippen LogP contribution < -0.4 is 9.47 Å². The van der Waals surface area contributed by atoms with Gasteiger partial charge in [0, 0.05) is 24.7 Å². The first-order chi connectivity index (χ1) is 11.6. The lowest BCUT2D eigenvalue weighted by Gasteiger charge is -2.23. The van der Waals surface area contributed by atoms with E-state index in [1.807, 2.05) is 26.0 Å². The van der Waals surface area contributed by atoms with Crippen LogP contribution in [0.5, 0.6) is 17.5 Å². The Hall–Kier alpha value is -2.15. The molecule has 124 valence electrons. The maximum absolute atomic E-state index is 6.23. The van der Waals surface area contributed by atoms with Crippen LogP contribution in [0.4, 0.5) is 0 Å². The smallest absolute Gasteiger partial charge is 0.229 e. The molecule has 0 radical (unpaired) electrons. The minimum atomic E-state index is 0.204. The fourth-order valence-corrected chi connectivity index (χ4v) is 3.79. The zero-order valence-corrected chi connectivity index (χ0v) is 14.3. The van der Waals surface area contributed by atoms with Gasteiger partial charge in [0.05, 0.1) is 11.3 Å². The van der Waals surface area contributed by atoms with E-state index in [4.69, 9.17) is 9.47 Å². The predicted molar refractivity (Wildman–Crippen MR) is 92.0 cm³/mol. The normalized spacial score (nSPS) is 25.8. The van der Waals surface area contributed by atoms with Crippen molar-refractivity contribution in [1.82, 2.24) is 19.8 Å². The lowest BCUT2D eigenvalue weighted by atomic mass is 9.98. The van der Waals surface area contributed by atoms with Crippen LogP contribution in [0.25, 0.3) is 0 Å². The largest absolute Gasteiger partial charge is 0.472 e. The molecule has 4 rings (SSSR count). The van der Waals surface area contributed by atoms with Crippen LogP contribution in [-0.2, 0) is 0 Å². The van der Waals surface area contributed by atoms with Gasteiger partial charge in [-0.15, -0.1) is 0 Å². The van der Waals surface area contributed by atoms with Gasteiger partial charge < -0.3 is 14.3 Å². The number of aromatic nitrogens is 3. The van der Waals surface area contributed by atoms with Gasteiger partial charge in [0.2, 0.25) is 11.8 Å². The van der Waals surface area contributed by atoms with E-state index in [2.05, 4.69) is 27.7 Å². The molecule has 7 heteroatoms. The van der Waals surface area contributed by atoms with Gasteiger partial charge in [0.15, 0.2) is 13.7 Å².